The molecular formula is C10H18F2O. The third-order valence-electron chi connectivity index (χ3n) is 2.40. The Kier molecular flexibility index (Phi) is 3.23. The van der Waals surface area contributed by atoms with E-state index < -0.39 is 16.8 Å². The summed E-state index contributed by atoms with van der Waals surface area (Å²) < 4.78 is 26.1. The van der Waals surface area contributed by atoms with Gasteiger partial charge in [0, 0.05) is 10.8 Å². The predicted octanol–water partition coefficient (Wildman–Crippen LogP) is 3.28. The maximum Gasteiger partial charge on any atom is 0.250 e. The first-order valence-electron chi connectivity index (χ1n) is 4.36. The van der Waals surface area contributed by atoms with Crippen LogP contribution in [0.3, 0.4) is 0 Å². The Labute approximate surface area is 78.5 Å². The van der Waals surface area contributed by atoms with Gasteiger partial charge in [-0.3, -0.25) is 0 Å². The lowest BCUT2D eigenvalue weighted by Crippen LogP contribution is -2.37. The van der Waals surface area contributed by atoms with Crippen LogP contribution >= 0.6 is 0 Å². The van der Waals surface area contributed by atoms with E-state index in [0.29, 0.717) is 0 Å². The van der Waals surface area contributed by atoms with Gasteiger partial charge in [0.2, 0.25) is 5.92 Å². The minimum atomic E-state index is -2.76. The van der Waals surface area contributed by atoms with Crippen LogP contribution < -0.4 is 0 Å². The molecule has 0 aliphatic carbocycles. The summed E-state index contributed by atoms with van der Waals surface area (Å²) in [6.45, 7) is 7.21. The maximum atomic E-state index is 13.1. The second kappa shape index (κ2) is 3.35. The molecule has 0 spiro atoms. The van der Waals surface area contributed by atoms with Crippen molar-refractivity contribution in [1.29, 1.82) is 0 Å². The molecule has 0 unspecified atom stereocenters. The van der Waals surface area contributed by atoms with E-state index in [1.807, 2.05) is 0 Å². The number of hydrogen-bond donors (Lipinski definition) is 0. The monoisotopic (exact) mass is 192 g/mol. The molecule has 0 aliphatic rings. The van der Waals surface area contributed by atoms with Gasteiger partial charge in [-0.25, -0.2) is 8.78 Å². The summed E-state index contributed by atoms with van der Waals surface area (Å²) in [4.78, 5) is 10.6. The van der Waals surface area contributed by atoms with Crippen molar-refractivity contribution in [1.82, 2.24) is 0 Å². The van der Waals surface area contributed by atoms with Gasteiger partial charge in [-0.2, -0.15) is 0 Å². The van der Waals surface area contributed by atoms with E-state index in [-0.39, 0.29) is 6.42 Å². The Hall–Kier alpha value is -0.470. The van der Waals surface area contributed by atoms with Crippen molar-refractivity contribution in [3.63, 3.8) is 0 Å². The van der Waals surface area contributed by atoms with Crippen molar-refractivity contribution < 1.29 is 13.6 Å². The minimum absolute atomic E-state index is 0.188. The Balaban J connectivity index is 4.61. The molecule has 78 valence electrons. The lowest BCUT2D eigenvalue weighted by molar-refractivity contribution is -0.126. The largest absolute Gasteiger partial charge is 0.303 e. The quantitative estimate of drug-likeness (QED) is 0.625. The molecule has 1 nitrogen and oxygen atoms in total. The Bertz CT molecular complexity index is 190. The molecule has 0 N–H and O–H groups in total. The van der Waals surface area contributed by atoms with Crippen LogP contribution in [-0.2, 0) is 4.79 Å². The second-order valence-electron chi connectivity index (χ2n) is 5.06. The van der Waals surface area contributed by atoms with E-state index in [2.05, 4.69) is 0 Å². The van der Waals surface area contributed by atoms with Crippen LogP contribution in [0.15, 0.2) is 0 Å². The number of carbonyl (C=O) groups is 1. The fourth-order valence-corrected chi connectivity index (χ4v) is 1.34. The number of halogens is 2. The third-order valence-corrected chi connectivity index (χ3v) is 2.40. The van der Waals surface area contributed by atoms with Crippen molar-refractivity contribution in [2.24, 2.45) is 10.8 Å². The summed E-state index contributed by atoms with van der Waals surface area (Å²) in [6.07, 6.45) is 0.924. The summed E-state index contributed by atoms with van der Waals surface area (Å²) in [7, 11) is 0. The van der Waals surface area contributed by atoms with Crippen molar-refractivity contribution in [3.05, 3.63) is 0 Å². The number of alkyl halides is 2. The molecular weight excluding hydrogens is 174 g/mol. The van der Waals surface area contributed by atoms with Crippen LogP contribution in [0.1, 0.15) is 41.0 Å². The topological polar surface area (TPSA) is 17.1 Å². The van der Waals surface area contributed by atoms with Crippen LogP contribution in [0.25, 0.3) is 0 Å². The zero-order chi connectivity index (χ0) is 10.9. The standard InChI is InChI=1S/C10H18F2O/c1-8(2,7-13)6-9(3,4)10(5,11)12/h7H,6H2,1-5H3. The summed E-state index contributed by atoms with van der Waals surface area (Å²) in [6, 6.07) is 0. The fourth-order valence-electron chi connectivity index (χ4n) is 1.34. The molecule has 0 heterocycles. The molecule has 0 amide bonds. The lowest BCUT2D eigenvalue weighted by Gasteiger charge is -2.36. The first-order valence-corrected chi connectivity index (χ1v) is 4.36. The molecule has 0 aliphatic heterocycles. The molecule has 0 aromatic carbocycles. The van der Waals surface area contributed by atoms with Gasteiger partial charge < -0.3 is 4.79 Å². The van der Waals surface area contributed by atoms with Crippen LogP contribution in [0, 0.1) is 10.8 Å². The number of rotatable bonds is 4. The molecule has 0 radical (unpaired) electrons. The highest BCUT2D eigenvalue weighted by atomic mass is 19.3. The van der Waals surface area contributed by atoms with E-state index in [1.165, 1.54) is 13.8 Å². The SMILES string of the molecule is CC(C)(C=O)CC(C)(C)C(C)(F)F. The highest BCUT2D eigenvalue weighted by molar-refractivity contribution is 5.57. The first kappa shape index (κ1) is 12.5. The Morgan fingerprint density at radius 2 is 1.46 bits per heavy atom. The molecule has 0 fully saturated rings. The van der Waals surface area contributed by atoms with Crippen molar-refractivity contribution in [3.8, 4) is 0 Å². The van der Waals surface area contributed by atoms with Crippen LogP contribution in [-0.4, -0.2) is 12.2 Å². The maximum absolute atomic E-state index is 13.1. The molecule has 13 heavy (non-hydrogen) atoms. The predicted molar refractivity (Wildman–Crippen MR) is 48.9 cm³/mol. The van der Waals surface area contributed by atoms with Crippen molar-refractivity contribution >= 4 is 6.29 Å². The second-order valence-corrected chi connectivity index (χ2v) is 5.06. The molecule has 0 rings (SSSR count). The van der Waals surface area contributed by atoms with E-state index in [0.717, 1.165) is 13.2 Å². The molecule has 0 saturated heterocycles. The van der Waals surface area contributed by atoms with Gasteiger partial charge in [-0.1, -0.05) is 27.7 Å². The molecule has 3 heteroatoms. The summed E-state index contributed by atoms with van der Waals surface area (Å²) in [5.41, 5.74) is -1.82. The van der Waals surface area contributed by atoms with Crippen LogP contribution in [0.5, 0.6) is 0 Å². The van der Waals surface area contributed by atoms with Crippen LogP contribution in [0.4, 0.5) is 8.78 Å². The number of carbonyl (C=O) groups excluding carboxylic acids is 1. The highest BCUT2D eigenvalue weighted by Gasteiger charge is 2.44. The van der Waals surface area contributed by atoms with Gasteiger partial charge in [0.15, 0.2) is 0 Å². The van der Waals surface area contributed by atoms with E-state index >= 15 is 0 Å². The third kappa shape index (κ3) is 3.41. The molecule has 0 aromatic heterocycles. The summed E-state index contributed by atoms with van der Waals surface area (Å²) in [5.74, 6) is -2.76. The molecule has 0 bridgehead atoms. The van der Waals surface area contributed by atoms with E-state index in [4.69, 9.17) is 0 Å². The average molecular weight is 192 g/mol. The zero-order valence-corrected chi connectivity index (χ0v) is 8.95. The van der Waals surface area contributed by atoms with Crippen molar-refractivity contribution in [2.75, 3.05) is 0 Å². The normalized spacial score (nSPS) is 14.4. The van der Waals surface area contributed by atoms with Gasteiger partial charge in [0.05, 0.1) is 0 Å². The Morgan fingerprint density at radius 3 is 1.69 bits per heavy atom. The van der Waals surface area contributed by atoms with Crippen LogP contribution in [0.2, 0.25) is 0 Å². The molecule has 0 atom stereocenters. The summed E-state index contributed by atoms with van der Waals surface area (Å²) in [5, 5.41) is 0. The minimum Gasteiger partial charge on any atom is -0.303 e. The fraction of sp³-hybridized carbons (Fsp3) is 0.900. The number of aldehydes is 1. The van der Waals surface area contributed by atoms with Gasteiger partial charge in [0.25, 0.3) is 0 Å². The van der Waals surface area contributed by atoms with E-state index in [9.17, 15) is 13.6 Å². The number of hydrogen-bond acceptors (Lipinski definition) is 1. The van der Waals surface area contributed by atoms with Crippen molar-refractivity contribution in [2.45, 2.75) is 47.0 Å². The average Bonchev–Trinajstić information content (AvgIpc) is 1.83. The Morgan fingerprint density at radius 1 is 1.08 bits per heavy atom. The highest BCUT2D eigenvalue weighted by Crippen LogP contribution is 2.43. The first-order chi connectivity index (χ1) is 5.52. The van der Waals surface area contributed by atoms with Gasteiger partial charge in [-0.15, -0.1) is 0 Å². The molecule has 0 aromatic rings. The van der Waals surface area contributed by atoms with Gasteiger partial charge >= 0.3 is 0 Å². The zero-order valence-electron chi connectivity index (χ0n) is 8.95. The van der Waals surface area contributed by atoms with Gasteiger partial charge in [-0.05, 0) is 13.3 Å². The van der Waals surface area contributed by atoms with Gasteiger partial charge in [0.1, 0.15) is 6.29 Å². The smallest absolute Gasteiger partial charge is 0.250 e. The summed E-state index contributed by atoms with van der Waals surface area (Å²) >= 11 is 0. The van der Waals surface area contributed by atoms with E-state index in [1.54, 1.807) is 13.8 Å². The lowest BCUT2D eigenvalue weighted by atomic mass is 9.72. The molecule has 0 saturated carbocycles.